The molecule has 8 aromatic rings. The summed E-state index contributed by atoms with van der Waals surface area (Å²) >= 11 is 0. The number of aromatic hydroxyl groups is 1. The van der Waals surface area contributed by atoms with E-state index in [1.165, 1.54) is 55.6 Å². The standard InChI is InChI=1S/C48H41N7O16S4/c1-27-19-43(54-55-47-46(75(66,67)68)23-29-20-31(7-13-37(29)48(47)56)49-30-5-9-33(69-2)10-6-30)45(70-3)26-42(27)53-52-40-15-16-41(39-24-34(73(60,61)62)11-14-38(39)40)51-50-32-8-12-36-28(21-32)22-35(74(63,64)65)25-44(36)71-17-4-18-72(57,58)59/h5-16,19-26,49,56H,4,17-18H2,1-3H3,(H,57,58,59)(H,60,61,62)(H,63,64,65)(H,66,67,68). The number of fused-ring (bicyclic) bond motifs is 3. The van der Waals surface area contributed by atoms with Crippen molar-refractivity contribution in [2.75, 3.05) is 31.9 Å². The number of ether oxygens (including phenoxy) is 3. The Labute approximate surface area is 427 Å². The van der Waals surface area contributed by atoms with Crippen LogP contribution in [0.3, 0.4) is 0 Å². The Morgan fingerprint density at radius 3 is 1.80 bits per heavy atom. The van der Waals surface area contributed by atoms with Gasteiger partial charge < -0.3 is 24.6 Å². The number of nitrogens with one attached hydrogen (secondary N) is 1. The normalized spacial score (nSPS) is 12.7. The predicted molar refractivity (Wildman–Crippen MR) is 276 cm³/mol. The lowest BCUT2D eigenvalue weighted by molar-refractivity contribution is 0.319. The second kappa shape index (κ2) is 21.1. The van der Waals surface area contributed by atoms with Gasteiger partial charge in [-0.05, 0) is 133 Å². The Kier molecular flexibility index (Phi) is 15.0. The molecule has 0 saturated carbocycles. The molecule has 0 bridgehead atoms. The highest BCUT2D eigenvalue weighted by Gasteiger charge is 2.23. The number of rotatable bonds is 18. The highest BCUT2D eigenvalue weighted by Crippen LogP contribution is 2.45. The van der Waals surface area contributed by atoms with Crippen LogP contribution in [0.1, 0.15) is 12.0 Å². The lowest BCUT2D eigenvalue weighted by Crippen LogP contribution is -2.09. The minimum absolute atomic E-state index is 0.0208. The van der Waals surface area contributed by atoms with Gasteiger partial charge in [0.25, 0.3) is 40.5 Å². The summed E-state index contributed by atoms with van der Waals surface area (Å²) in [5, 5.41) is 41.6. The monoisotopic (exact) mass is 1100 g/mol. The van der Waals surface area contributed by atoms with E-state index < -0.39 is 72.3 Å². The summed E-state index contributed by atoms with van der Waals surface area (Å²) in [5.41, 5.74) is 1.94. The highest BCUT2D eigenvalue weighted by atomic mass is 32.2. The van der Waals surface area contributed by atoms with Crippen molar-refractivity contribution in [3.05, 3.63) is 127 Å². The highest BCUT2D eigenvalue weighted by molar-refractivity contribution is 7.86. The van der Waals surface area contributed by atoms with E-state index >= 15 is 0 Å². The zero-order chi connectivity index (χ0) is 54.0. The van der Waals surface area contributed by atoms with Crippen LogP contribution in [0.4, 0.5) is 45.5 Å². The van der Waals surface area contributed by atoms with E-state index in [0.29, 0.717) is 33.5 Å². The van der Waals surface area contributed by atoms with E-state index in [0.717, 1.165) is 30.3 Å². The number of aryl methyl sites for hydroxylation is 1. The van der Waals surface area contributed by atoms with Gasteiger partial charge in [-0.3, -0.25) is 18.2 Å². The molecule has 0 unspecified atom stereocenters. The molecule has 75 heavy (non-hydrogen) atoms. The number of benzene rings is 8. The van der Waals surface area contributed by atoms with Crippen LogP contribution in [-0.2, 0) is 40.5 Å². The van der Waals surface area contributed by atoms with Crippen molar-refractivity contribution in [1.82, 2.24) is 0 Å². The molecular formula is C48H41N7O16S4. The fourth-order valence-electron chi connectivity index (χ4n) is 7.58. The summed E-state index contributed by atoms with van der Waals surface area (Å²) in [6.07, 6.45) is -0.132. The fourth-order valence-corrected chi connectivity index (χ4v) is 9.76. The topological polar surface area (TPSA) is 352 Å². The van der Waals surface area contributed by atoms with Gasteiger partial charge in [-0.25, -0.2) is 0 Å². The number of methoxy groups -OCH3 is 2. The lowest BCUT2D eigenvalue weighted by atomic mass is 10.1. The summed E-state index contributed by atoms with van der Waals surface area (Å²) in [5.74, 6) is -0.478. The first-order valence-corrected chi connectivity index (χ1v) is 27.6. The molecule has 6 N–H and O–H groups in total. The van der Waals surface area contributed by atoms with Gasteiger partial charge in [-0.15, -0.1) is 20.5 Å². The van der Waals surface area contributed by atoms with Crippen LogP contribution in [0.5, 0.6) is 23.0 Å². The molecule has 8 rings (SSSR count). The summed E-state index contributed by atoms with van der Waals surface area (Å²) in [6.45, 7) is 1.42. The zero-order valence-electron chi connectivity index (χ0n) is 39.2. The summed E-state index contributed by atoms with van der Waals surface area (Å²) in [7, 11) is -15.9. The predicted octanol–water partition coefficient (Wildman–Crippen LogP) is 11.6. The third kappa shape index (κ3) is 12.5. The molecule has 0 aromatic heterocycles. The van der Waals surface area contributed by atoms with Crippen LogP contribution in [0.15, 0.2) is 167 Å². The number of anilines is 2. The Morgan fingerprint density at radius 2 is 1.13 bits per heavy atom. The van der Waals surface area contributed by atoms with Gasteiger partial charge in [0.15, 0.2) is 5.75 Å². The third-order valence-corrected chi connectivity index (χ3v) is 14.6. The minimum atomic E-state index is -4.97. The van der Waals surface area contributed by atoms with Crippen molar-refractivity contribution < 1.29 is 71.2 Å². The summed E-state index contributed by atoms with van der Waals surface area (Å²) in [6, 6.07) is 29.2. The van der Waals surface area contributed by atoms with Gasteiger partial charge in [-0.2, -0.15) is 43.9 Å². The molecule has 0 aliphatic carbocycles. The maximum Gasteiger partial charge on any atom is 0.296 e. The Bertz CT molecular complexity index is 4160. The first-order chi connectivity index (χ1) is 35.4. The summed E-state index contributed by atoms with van der Waals surface area (Å²) < 4.78 is 152. The van der Waals surface area contributed by atoms with E-state index in [-0.39, 0.29) is 74.5 Å². The summed E-state index contributed by atoms with van der Waals surface area (Å²) in [4.78, 5) is -1.74. The van der Waals surface area contributed by atoms with Crippen molar-refractivity contribution >= 4 is 118 Å². The van der Waals surface area contributed by atoms with E-state index in [1.54, 1.807) is 56.5 Å². The van der Waals surface area contributed by atoms with E-state index in [1.807, 2.05) is 0 Å². The molecule has 0 aliphatic rings. The first-order valence-electron chi connectivity index (χ1n) is 21.7. The molecule has 0 fully saturated rings. The quantitative estimate of drug-likeness (QED) is 0.0264. The molecular weight excluding hydrogens is 1060 g/mol. The van der Waals surface area contributed by atoms with Crippen LogP contribution < -0.4 is 19.5 Å². The smallest absolute Gasteiger partial charge is 0.296 e. The van der Waals surface area contributed by atoms with Crippen LogP contribution in [0, 0.1) is 6.92 Å². The van der Waals surface area contributed by atoms with Crippen molar-refractivity contribution in [2.24, 2.45) is 30.7 Å². The second-order valence-electron chi connectivity index (χ2n) is 16.3. The number of phenols is 1. The Hall–Kier alpha value is -8.02. The number of hydrogen-bond acceptors (Lipinski definition) is 19. The van der Waals surface area contributed by atoms with Crippen LogP contribution in [0.2, 0.25) is 0 Å². The number of phenolic OH excluding ortho intramolecular Hbond substituents is 1. The average molecular weight is 1100 g/mol. The van der Waals surface area contributed by atoms with Crippen molar-refractivity contribution in [2.45, 2.75) is 28.0 Å². The Balaban J connectivity index is 1.09. The van der Waals surface area contributed by atoms with Crippen molar-refractivity contribution in [3.8, 4) is 23.0 Å². The second-order valence-corrected chi connectivity index (χ2v) is 22.1. The molecule has 23 nitrogen and oxygen atoms in total. The Morgan fingerprint density at radius 1 is 0.507 bits per heavy atom. The molecule has 0 spiro atoms. The van der Waals surface area contributed by atoms with Gasteiger partial charge in [-0.1, -0.05) is 6.07 Å². The third-order valence-electron chi connectivity index (χ3n) is 11.2. The molecule has 0 heterocycles. The van der Waals surface area contributed by atoms with Gasteiger partial charge in [0.05, 0.1) is 59.1 Å². The average Bonchev–Trinajstić information content (AvgIpc) is 3.35. The van der Waals surface area contributed by atoms with Crippen LogP contribution >= 0.6 is 0 Å². The van der Waals surface area contributed by atoms with Crippen LogP contribution in [0.25, 0.3) is 32.3 Å². The van der Waals surface area contributed by atoms with Gasteiger partial charge in [0.1, 0.15) is 33.5 Å². The van der Waals surface area contributed by atoms with E-state index in [9.17, 15) is 52.4 Å². The molecule has 8 aromatic carbocycles. The van der Waals surface area contributed by atoms with E-state index in [2.05, 4.69) is 36.0 Å². The van der Waals surface area contributed by atoms with Gasteiger partial charge in [0, 0.05) is 45.1 Å². The minimum Gasteiger partial charge on any atom is -0.505 e. The molecule has 0 aliphatic heterocycles. The zero-order valence-corrected chi connectivity index (χ0v) is 42.5. The van der Waals surface area contributed by atoms with Gasteiger partial charge in [0.2, 0.25) is 0 Å². The fraction of sp³-hybridized carbons (Fsp3) is 0.125. The van der Waals surface area contributed by atoms with Gasteiger partial charge >= 0.3 is 0 Å². The SMILES string of the molecule is COc1ccc(Nc2ccc3c(O)c(N=Nc4cc(C)c(N=Nc5ccc(N=Nc6ccc7c(OCCCS(=O)(=O)O)cc(S(=O)(=O)O)cc7c6)c6cc(S(=O)(=O)O)ccc56)cc4OC)c(S(=O)(=O)O)cc3c2)cc1. The largest absolute Gasteiger partial charge is 0.505 e. The molecule has 0 radical (unpaired) electrons. The van der Waals surface area contributed by atoms with Crippen molar-refractivity contribution in [1.29, 1.82) is 0 Å². The van der Waals surface area contributed by atoms with Crippen LogP contribution in [-0.4, -0.2) is 83.6 Å². The maximum absolute atomic E-state index is 12.7. The number of hydrogen-bond donors (Lipinski definition) is 6. The maximum atomic E-state index is 12.7. The lowest BCUT2D eigenvalue weighted by Gasteiger charge is -2.12. The molecule has 27 heteroatoms. The molecule has 0 saturated heterocycles. The molecule has 388 valence electrons. The number of nitrogens with zero attached hydrogens (tertiary/aromatic N) is 6. The molecule has 0 atom stereocenters. The molecule has 0 amide bonds. The number of azo groups is 3. The van der Waals surface area contributed by atoms with E-state index in [4.69, 9.17) is 18.8 Å². The van der Waals surface area contributed by atoms with Crippen molar-refractivity contribution in [3.63, 3.8) is 0 Å². The first kappa shape index (κ1) is 53.3.